The number of anilines is 1. The molecule has 20 heavy (non-hydrogen) atoms. The molecule has 0 fully saturated rings. The second-order valence-corrected chi connectivity index (χ2v) is 6.14. The van der Waals surface area contributed by atoms with Gasteiger partial charge in [0, 0.05) is 5.69 Å². The van der Waals surface area contributed by atoms with Crippen LogP contribution in [0.1, 0.15) is 41.0 Å². The second-order valence-electron chi connectivity index (χ2n) is 6.14. The molecule has 4 heteroatoms. The van der Waals surface area contributed by atoms with Crippen LogP contribution in [0.5, 0.6) is 5.75 Å². The summed E-state index contributed by atoms with van der Waals surface area (Å²) in [5.74, 6) is 0.795. The molecule has 4 nitrogen and oxygen atoms in total. The summed E-state index contributed by atoms with van der Waals surface area (Å²) in [7, 11) is 0. The Morgan fingerprint density at radius 3 is 2.30 bits per heavy atom. The van der Waals surface area contributed by atoms with Crippen molar-refractivity contribution < 1.29 is 9.53 Å². The first-order valence-electron chi connectivity index (χ1n) is 7.08. The average molecular weight is 278 g/mol. The summed E-state index contributed by atoms with van der Waals surface area (Å²) in [5, 5.41) is 2.83. The highest BCUT2D eigenvalue weighted by molar-refractivity contribution is 5.94. The van der Waals surface area contributed by atoms with Crippen molar-refractivity contribution in [3.63, 3.8) is 0 Å². The van der Waals surface area contributed by atoms with Gasteiger partial charge in [-0.3, -0.25) is 4.79 Å². The van der Waals surface area contributed by atoms with Crippen molar-refractivity contribution in [3.05, 3.63) is 24.3 Å². The maximum Gasteiger partial charge on any atom is 0.241 e. The number of carbonyl (C=O) groups excluding carboxylic acids is 1. The molecule has 2 atom stereocenters. The molecule has 0 aliphatic carbocycles. The molecule has 0 saturated heterocycles. The summed E-state index contributed by atoms with van der Waals surface area (Å²) in [4.78, 5) is 12.0. The molecule has 1 aromatic carbocycles. The van der Waals surface area contributed by atoms with E-state index < -0.39 is 6.04 Å². The zero-order valence-corrected chi connectivity index (χ0v) is 13.1. The van der Waals surface area contributed by atoms with Crippen molar-refractivity contribution in [2.45, 2.75) is 52.7 Å². The van der Waals surface area contributed by atoms with Gasteiger partial charge < -0.3 is 15.8 Å². The van der Waals surface area contributed by atoms with Gasteiger partial charge in [0.2, 0.25) is 5.91 Å². The van der Waals surface area contributed by atoms with E-state index in [1.165, 1.54) is 0 Å². The smallest absolute Gasteiger partial charge is 0.241 e. The first-order valence-corrected chi connectivity index (χ1v) is 7.08. The van der Waals surface area contributed by atoms with Crippen molar-refractivity contribution in [1.29, 1.82) is 0 Å². The maximum absolute atomic E-state index is 12.0. The van der Waals surface area contributed by atoms with Crippen LogP contribution in [0, 0.1) is 5.92 Å². The Morgan fingerprint density at radius 2 is 1.85 bits per heavy atom. The molecule has 112 valence electrons. The summed E-state index contributed by atoms with van der Waals surface area (Å²) in [6.45, 7) is 9.98. The van der Waals surface area contributed by atoms with Crippen molar-refractivity contribution in [1.82, 2.24) is 0 Å². The predicted octanol–water partition coefficient (Wildman–Crippen LogP) is 3.18. The van der Waals surface area contributed by atoms with Crippen molar-refractivity contribution in [2.24, 2.45) is 11.7 Å². The number of amides is 1. The lowest BCUT2D eigenvalue weighted by molar-refractivity contribution is -0.118. The molecule has 0 aliphatic rings. The number of carbonyl (C=O) groups is 1. The summed E-state index contributed by atoms with van der Waals surface area (Å²) in [5.41, 5.74) is 6.39. The van der Waals surface area contributed by atoms with E-state index in [9.17, 15) is 4.79 Å². The Kier molecular flexibility index (Phi) is 5.57. The number of ether oxygens (including phenoxy) is 1. The van der Waals surface area contributed by atoms with Crippen LogP contribution in [0.25, 0.3) is 0 Å². The fourth-order valence-electron chi connectivity index (χ4n) is 1.70. The average Bonchev–Trinajstić information content (AvgIpc) is 2.37. The molecule has 1 rings (SSSR count). The van der Waals surface area contributed by atoms with E-state index in [1.807, 2.05) is 58.9 Å². The van der Waals surface area contributed by atoms with Gasteiger partial charge in [0.25, 0.3) is 0 Å². The number of benzene rings is 1. The van der Waals surface area contributed by atoms with Gasteiger partial charge in [-0.25, -0.2) is 0 Å². The van der Waals surface area contributed by atoms with Crippen LogP contribution in [0.3, 0.4) is 0 Å². The first-order chi connectivity index (χ1) is 9.23. The van der Waals surface area contributed by atoms with Crippen LogP contribution in [0.15, 0.2) is 24.3 Å². The Hall–Kier alpha value is -1.55. The standard InChI is InChI=1S/C16H26N2O2/c1-6-11(2)14(17)15(19)18-12-7-9-13(10-8-12)20-16(3,4)5/h7-11,14H,6,17H2,1-5H3,(H,18,19)/t11?,14-/m0/s1. The van der Waals surface area contributed by atoms with E-state index in [0.717, 1.165) is 17.9 Å². The molecule has 0 aliphatic heterocycles. The summed E-state index contributed by atoms with van der Waals surface area (Å²) in [6, 6.07) is 6.85. The zero-order valence-electron chi connectivity index (χ0n) is 13.1. The quantitative estimate of drug-likeness (QED) is 0.869. The van der Waals surface area contributed by atoms with Gasteiger partial charge in [0.1, 0.15) is 11.4 Å². The van der Waals surface area contributed by atoms with E-state index in [0.29, 0.717) is 0 Å². The lowest BCUT2D eigenvalue weighted by Crippen LogP contribution is -2.40. The fourth-order valence-corrected chi connectivity index (χ4v) is 1.70. The number of nitrogens with one attached hydrogen (secondary N) is 1. The Morgan fingerprint density at radius 1 is 1.30 bits per heavy atom. The molecular formula is C16H26N2O2. The highest BCUT2D eigenvalue weighted by Gasteiger charge is 2.19. The van der Waals surface area contributed by atoms with E-state index in [4.69, 9.17) is 10.5 Å². The number of nitrogens with two attached hydrogens (primary N) is 1. The van der Waals surface area contributed by atoms with Crippen molar-refractivity contribution in [3.8, 4) is 5.75 Å². The predicted molar refractivity (Wildman–Crippen MR) is 82.9 cm³/mol. The van der Waals surface area contributed by atoms with E-state index in [1.54, 1.807) is 0 Å². The third-order valence-electron chi connectivity index (χ3n) is 3.11. The summed E-state index contributed by atoms with van der Waals surface area (Å²) < 4.78 is 5.73. The van der Waals surface area contributed by atoms with Crippen LogP contribution >= 0.6 is 0 Å². The van der Waals surface area contributed by atoms with E-state index in [2.05, 4.69) is 5.32 Å². The van der Waals surface area contributed by atoms with Crippen molar-refractivity contribution >= 4 is 11.6 Å². The van der Waals surface area contributed by atoms with Crippen LogP contribution in [0.2, 0.25) is 0 Å². The third kappa shape index (κ3) is 5.21. The molecule has 0 spiro atoms. The highest BCUT2D eigenvalue weighted by atomic mass is 16.5. The van der Waals surface area contributed by atoms with Gasteiger partial charge in [-0.15, -0.1) is 0 Å². The third-order valence-corrected chi connectivity index (χ3v) is 3.11. The van der Waals surface area contributed by atoms with Crippen LogP contribution in [-0.2, 0) is 4.79 Å². The second kappa shape index (κ2) is 6.75. The SMILES string of the molecule is CCC(C)[C@H](N)C(=O)Nc1ccc(OC(C)(C)C)cc1. The number of hydrogen-bond acceptors (Lipinski definition) is 3. The van der Waals surface area contributed by atoms with Gasteiger partial charge in [-0.05, 0) is 51.0 Å². The molecule has 0 heterocycles. The number of rotatable bonds is 5. The van der Waals surface area contributed by atoms with E-state index in [-0.39, 0.29) is 17.4 Å². The van der Waals surface area contributed by atoms with Crippen LogP contribution in [0.4, 0.5) is 5.69 Å². The molecule has 1 aromatic rings. The van der Waals surface area contributed by atoms with Gasteiger partial charge in [-0.2, -0.15) is 0 Å². The van der Waals surface area contributed by atoms with Gasteiger partial charge in [0.15, 0.2) is 0 Å². The van der Waals surface area contributed by atoms with Crippen molar-refractivity contribution in [2.75, 3.05) is 5.32 Å². The highest BCUT2D eigenvalue weighted by Crippen LogP contribution is 2.20. The minimum Gasteiger partial charge on any atom is -0.488 e. The molecule has 0 saturated carbocycles. The molecular weight excluding hydrogens is 252 g/mol. The fraction of sp³-hybridized carbons (Fsp3) is 0.562. The van der Waals surface area contributed by atoms with Crippen LogP contribution < -0.4 is 15.8 Å². The van der Waals surface area contributed by atoms with Gasteiger partial charge in [-0.1, -0.05) is 20.3 Å². The largest absolute Gasteiger partial charge is 0.488 e. The summed E-state index contributed by atoms with van der Waals surface area (Å²) >= 11 is 0. The van der Waals surface area contributed by atoms with Crippen LogP contribution in [-0.4, -0.2) is 17.6 Å². The minimum atomic E-state index is -0.481. The Balaban J connectivity index is 2.64. The molecule has 0 radical (unpaired) electrons. The molecule has 3 N–H and O–H groups in total. The summed E-state index contributed by atoms with van der Waals surface area (Å²) in [6.07, 6.45) is 0.882. The van der Waals surface area contributed by atoms with E-state index >= 15 is 0 Å². The lowest BCUT2D eigenvalue weighted by atomic mass is 9.99. The zero-order chi connectivity index (χ0) is 15.3. The Bertz CT molecular complexity index is 435. The normalized spacial score (nSPS) is 14.5. The molecule has 1 unspecified atom stereocenters. The lowest BCUT2D eigenvalue weighted by Gasteiger charge is -2.21. The monoisotopic (exact) mass is 278 g/mol. The minimum absolute atomic E-state index is 0.149. The topological polar surface area (TPSA) is 64.4 Å². The molecule has 1 amide bonds. The molecule has 0 bridgehead atoms. The van der Waals surface area contributed by atoms with Gasteiger partial charge in [0.05, 0.1) is 6.04 Å². The maximum atomic E-state index is 12.0. The Labute approximate surface area is 121 Å². The van der Waals surface area contributed by atoms with Gasteiger partial charge >= 0.3 is 0 Å². The number of hydrogen-bond donors (Lipinski definition) is 2. The molecule has 0 aromatic heterocycles. The first kappa shape index (κ1) is 16.5.